The van der Waals surface area contributed by atoms with Gasteiger partial charge in [0.2, 0.25) is 0 Å². The van der Waals surface area contributed by atoms with Crippen LogP contribution in [0.2, 0.25) is 0 Å². The molecule has 1 unspecified atom stereocenters. The highest BCUT2D eigenvalue weighted by molar-refractivity contribution is 5.94. The minimum absolute atomic E-state index is 0.121. The number of rotatable bonds is 5. The third kappa shape index (κ3) is 3.98. The topological polar surface area (TPSA) is 42.0 Å². The predicted octanol–water partition coefficient (Wildman–Crippen LogP) is 2.66. The standard InChI is InChI=1S/C20H30N2O3/c1-4-25-18-7-5-6-16(12-18)19(23)22-10-8-20(9-11-22)13-17(14-24-3)21(2)15-20/h5-7,12,17H,4,8-11,13-15H2,1-3H3. The molecule has 0 aliphatic carbocycles. The Balaban J connectivity index is 1.61. The molecule has 2 heterocycles. The van der Waals surface area contributed by atoms with E-state index in [0.29, 0.717) is 18.1 Å². The quantitative estimate of drug-likeness (QED) is 0.822. The van der Waals surface area contributed by atoms with Gasteiger partial charge >= 0.3 is 0 Å². The molecule has 0 radical (unpaired) electrons. The third-order valence-electron chi connectivity index (χ3n) is 5.74. The van der Waals surface area contributed by atoms with Gasteiger partial charge in [-0.2, -0.15) is 0 Å². The SMILES string of the molecule is CCOc1cccc(C(=O)N2CCC3(CC2)CC(COC)N(C)C3)c1. The van der Waals surface area contributed by atoms with E-state index >= 15 is 0 Å². The number of methoxy groups -OCH3 is 1. The van der Waals surface area contributed by atoms with Crippen LogP contribution in [0.15, 0.2) is 24.3 Å². The van der Waals surface area contributed by atoms with Gasteiger partial charge in [0.25, 0.3) is 5.91 Å². The average molecular weight is 346 g/mol. The van der Waals surface area contributed by atoms with E-state index in [1.165, 1.54) is 6.42 Å². The molecule has 5 nitrogen and oxygen atoms in total. The van der Waals surface area contributed by atoms with Crippen molar-refractivity contribution in [2.45, 2.75) is 32.2 Å². The Morgan fingerprint density at radius 3 is 2.76 bits per heavy atom. The number of benzene rings is 1. The van der Waals surface area contributed by atoms with Crippen LogP contribution in [0.1, 0.15) is 36.5 Å². The van der Waals surface area contributed by atoms with Crippen molar-refractivity contribution >= 4 is 5.91 Å². The highest BCUT2D eigenvalue weighted by atomic mass is 16.5. The Morgan fingerprint density at radius 2 is 2.08 bits per heavy atom. The van der Waals surface area contributed by atoms with Crippen molar-refractivity contribution in [3.05, 3.63) is 29.8 Å². The summed E-state index contributed by atoms with van der Waals surface area (Å²) in [5, 5.41) is 0. The summed E-state index contributed by atoms with van der Waals surface area (Å²) in [5.74, 6) is 0.887. The first kappa shape index (κ1) is 18.2. The lowest BCUT2D eigenvalue weighted by Gasteiger charge is -2.39. The zero-order valence-electron chi connectivity index (χ0n) is 15.7. The minimum atomic E-state index is 0.121. The number of nitrogens with zero attached hydrogens (tertiary/aromatic N) is 2. The molecule has 2 fully saturated rings. The molecule has 1 spiro atoms. The van der Waals surface area contributed by atoms with Gasteiger partial charge in [-0.3, -0.25) is 4.79 Å². The molecule has 1 aromatic carbocycles. The van der Waals surface area contributed by atoms with Crippen LogP contribution in [-0.2, 0) is 4.74 Å². The van der Waals surface area contributed by atoms with Crippen molar-refractivity contribution in [2.75, 3.05) is 47.0 Å². The first-order valence-electron chi connectivity index (χ1n) is 9.28. The summed E-state index contributed by atoms with van der Waals surface area (Å²) in [5.41, 5.74) is 1.07. The van der Waals surface area contributed by atoms with Gasteiger partial charge in [-0.15, -0.1) is 0 Å². The van der Waals surface area contributed by atoms with Gasteiger partial charge in [0.15, 0.2) is 0 Å². The van der Waals surface area contributed by atoms with Gasteiger partial charge in [0, 0.05) is 38.3 Å². The van der Waals surface area contributed by atoms with Crippen LogP contribution in [0.5, 0.6) is 5.75 Å². The van der Waals surface area contributed by atoms with Crippen molar-refractivity contribution in [2.24, 2.45) is 5.41 Å². The average Bonchev–Trinajstić information content (AvgIpc) is 2.91. The molecule has 0 bridgehead atoms. The molecule has 1 aromatic rings. The maximum atomic E-state index is 12.8. The number of carbonyl (C=O) groups is 1. The number of hydrogen-bond donors (Lipinski definition) is 0. The molecule has 0 N–H and O–H groups in total. The molecule has 5 heteroatoms. The first-order valence-corrected chi connectivity index (χ1v) is 9.28. The first-order chi connectivity index (χ1) is 12.1. The highest BCUT2D eigenvalue weighted by Gasteiger charge is 2.44. The van der Waals surface area contributed by atoms with Crippen LogP contribution in [0, 0.1) is 5.41 Å². The van der Waals surface area contributed by atoms with E-state index in [2.05, 4.69) is 11.9 Å². The fourth-order valence-corrected chi connectivity index (χ4v) is 4.37. The molecule has 3 rings (SSSR count). The Kier molecular flexibility index (Phi) is 5.64. The number of piperidine rings is 1. The highest BCUT2D eigenvalue weighted by Crippen LogP contribution is 2.43. The summed E-state index contributed by atoms with van der Waals surface area (Å²) < 4.78 is 10.9. The summed E-state index contributed by atoms with van der Waals surface area (Å²) in [6.45, 7) is 6.15. The van der Waals surface area contributed by atoms with E-state index in [1.807, 2.05) is 36.1 Å². The summed E-state index contributed by atoms with van der Waals surface area (Å²) in [7, 11) is 3.96. The van der Waals surface area contributed by atoms with Crippen molar-refractivity contribution in [1.82, 2.24) is 9.80 Å². The minimum Gasteiger partial charge on any atom is -0.494 e. The van der Waals surface area contributed by atoms with Gasteiger partial charge in [0.1, 0.15) is 5.75 Å². The van der Waals surface area contributed by atoms with Crippen molar-refractivity contribution < 1.29 is 14.3 Å². The number of likely N-dealkylation sites (N-methyl/N-ethyl adjacent to an activating group) is 1. The molecule has 1 amide bonds. The third-order valence-corrected chi connectivity index (χ3v) is 5.74. The van der Waals surface area contributed by atoms with Gasteiger partial charge < -0.3 is 19.3 Å². The zero-order valence-corrected chi connectivity index (χ0v) is 15.7. The largest absolute Gasteiger partial charge is 0.494 e. The van der Waals surface area contributed by atoms with Crippen LogP contribution in [0.3, 0.4) is 0 Å². The second-order valence-electron chi connectivity index (χ2n) is 7.48. The number of likely N-dealkylation sites (tertiary alicyclic amines) is 2. The number of ether oxygens (including phenoxy) is 2. The van der Waals surface area contributed by atoms with Crippen molar-refractivity contribution in [1.29, 1.82) is 0 Å². The van der Waals surface area contributed by atoms with Crippen LogP contribution >= 0.6 is 0 Å². The maximum Gasteiger partial charge on any atom is 0.253 e. The smallest absolute Gasteiger partial charge is 0.253 e. The van der Waals surface area contributed by atoms with Crippen LogP contribution in [-0.4, -0.2) is 68.8 Å². The molecule has 0 saturated carbocycles. The lowest BCUT2D eigenvalue weighted by molar-refractivity contribution is 0.0591. The van der Waals surface area contributed by atoms with Crippen LogP contribution < -0.4 is 4.74 Å². The second-order valence-corrected chi connectivity index (χ2v) is 7.48. The number of amides is 1. The molecule has 2 aliphatic rings. The summed E-state index contributed by atoms with van der Waals surface area (Å²) in [6.07, 6.45) is 3.34. The van der Waals surface area contributed by atoms with Gasteiger partial charge in [-0.1, -0.05) is 6.07 Å². The molecular formula is C20H30N2O3. The zero-order chi connectivity index (χ0) is 17.9. The van der Waals surface area contributed by atoms with E-state index in [0.717, 1.165) is 50.4 Å². The predicted molar refractivity (Wildman–Crippen MR) is 98.1 cm³/mol. The summed E-state index contributed by atoms with van der Waals surface area (Å²) >= 11 is 0. The van der Waals surface area contributed by atoms with E-state index in [9.17, 15) is 4.79 Å². The van der Waals surface area contributed by atoms with Crippen molar-refractivity contribution in [3.63, 3.8) is 0 Å². The van der Waals surface area contributed by atoms with E-state index < -0.39 is 0 Å². The molecule has 0 aromatic heterocycles. The fraction of sp³-hybridized carbons (Fsp3) is 0.650. The summed E-state index contributed by atoms with van der Waals surface area (Å²) in [4.78, 5) is 17.3. The lowest BCUT2D eigenvalue weighted by atomic mass is 9.76. The van der Waals surface area contributed by atoms with Gasteiger partial charge in [-0.25, -0.2) is 0 Å². The van der Waals surface area contributed by atoms with E-state index in [4.69, 9.17) is 9.47 Å². The number of carbonyl (C=O) groups excluding carboxylic acids is 1. The molecule has 2 aliphatic heterocycles. The second kappa shape index (κ2) is 7.75. The molecule has 25 heavy (non-hydrogen) atoms. The maximum absolute atomic E-state index is 12.8. The molecule has 138 valence electrons. The Hall–Kier alpha value is -1.59. The monoisotopic (exact) mass is 346 g/mol. The van der Waals surface area contributed by atoms with E-state index in [1.54, 1.807) is 7.11 Å². The van der Waals surface area contributed by atoms with Gasteiger partial charge in [0.05, 0.1) is 13.2 Å². The summed E-state index contributed by atoms with van der Waals surface area (Å²) in [6, 6.07) is 8.04. The van der Waals surface area contributed by atoms with Crippen LogP contribution in [0.4, 0.5) is 0 Å². The number of hydrogen-bond acceptors (Lipinski definition) is 4. The van der Waals surface area contributed by atoms with E-state index in [-0.39, 0.29) is 5.91 Å². The molecular weight excluding hydrogens is 316 g/mol. The molecule has 1 atom stereocenters. The Morgan fingerprint density at radius 1 is 1.32 bits per heavy atom. The molecule has 2 saturated heterocycles. The normalized spacial score (nSPS) is 23.2. The lowest BCUT2D eigenvalue weighted by Crippen LogP contribution is -2.44. The fourth-order valence-electron chi connectivity index (χ4n) is 4.37. The Bertz CT molecular complexity index is 596. The van der Waals surface area contributed by atoms with Crippen molar-refractivity contribution in [3.8, 4) is 5.75 Å². The Labute approximate surface area is 150 Å². The van der Waals surface area contributed by atoms with Gasteiger partial charge in [-0.05, 0) is 56.8 Å². The van der Waals surface area contributed by atoms with Crippen LogP contribution in [0.25, 0.3) is 0 Å².